The molecule has 0 atom stereocenters. The molecule has 3 heterocycles. The summed E-state index contributed by atoms with van der Waals surface area (Å²) < 4.78 is 11.1. The molecular formula is C16H18BrN3O4S. The standard InChI is InChI=1S/C16H18BrN3O4S/c1-16(2,3)24-15(22)20-7-6-9-11(8-20)25-14(18-9)19-13(21)10-4-5-12(17)23-10/h4-5H,6-8H2,1-3H3,(H,18,19,21). The first-order chi connectivity index (χ1) is 11.7. The number of ether oxygens (including phenoxy) is 1. The fourth-order valence-electron chi connectivity index (χ4n) is 2.33. The second kappa shape index (κ2) is 6.80. The number of carbonyl (C=O) groups is 2. The van der Waals surface area contributed by atoms with Crippen molar-refractivity contribution in [2.45, 2.75) is 39.3 Å². The Morgan fingerprint density at radius 2 is 2.16 bits per heavy atom. The molecule has 0 unspecified atom stereocenters. The van der Waals surface area contributed by atoms with Crippen LogP contribution in [-0.2, 0) is 17.7 Å². The van der Waals surface area contributed by atoms with Gasteiger partial charge < -0.3 is 14.1 Å². The van der Waals surface area contributed by atoms with Gasteiger partial charge in [-0.2, -0.15) is 0 Å². The first kappa shape index (κ1) is 17.9. The van der Waals surface area contributed by atoms with Crippen molar-refractivity contribution in [3.05, 3.63) is 33.1 Å². The van der Waals surface area contributed by atoms with Crippen LogP contribution in [0, 0.1) is 0 Å². The minimum absolute atomic E-state index is 0.204. The number of nitrogens with zero attached hydrogens (tertiary/aromatic N) is 2. The Balaban J connectivity index is 1.66. The van der Waals surface area contributed by atoms with Gasteiger partial charge in [0, 0.05) is 17.8 Å². The molecule has 2 amide bonds. The van der Waals surface area contributed by atoms with Gasteiger partial charge in [-0.05, 0) is 48.8 Å². The summed E-state index contributed by atoms with van der Waals surface area (Å²) >= 11 is 4.52. The summed E-state index contributed by atoms with van der Waals surface area (Å²) in [5.74, 6) is -0.156. The molecule has 2 aromatic rings. The number of halogens is 1. The van der Waals surface area contributed by atoms with Crippen LogP contribution in [0.3, 0.4) is 0 Å². The van der Waals surface area contributed by atoms with E-state index >= 15 is 0 Å². The van der Waals surface area contributed by atoms with E-state index in [2.05, 4.69) is 26.2 Å². The lowest BCUT2D eigenvalue weighted by Gasteiger charge is -2.29. The molecule has 0 fully saturated rings. The Kier molecular flexibility index (Phi) is 4.88. The van der Waals surface area contributed by atoms with E-state index in [4.69, 9.17) is 9.15 Å². The molecule has 7 nitrogen and oxygen atoms in total. The monoisotopic (exact) mass is 427 g/mol. The maximum absolute atomic E-state index is 12.2. The zero-order chi connectivity index (χ0) is 18.2. The van der Waals surface area contributed by atoms with E-state index in [0.717, 1.165) is 10.6 Å². The maximum atomic E-state index is 12.2. The molecule has 0 spiro atoms. The van der Waals surface area contributed by atoms with Crippen molar-refractivity contribution in [2.24, 2.45) is 0 Å². The number of anilines is 1. The highest BCUT2D eigenvalue weighted by molar-refractivity contribution is 9.10. The van der Waals surface area contributed by atoms with E-state index in [1.54, 1.807) is 17.0 Å². The van der Waals surface area contributed by atoms with Gasteiger partial charge in [0.2, 0.25) is 0 Å². The van der Waals surface area contributed by atoms with Crippen LogP contribution in [0.5, 0.6) is 0 Å². The van der Waals surface area contributed by atoms with Crippen molar-refractivity contribution in [1.29, 1.82) is 0 Å². The highest BCUT2D eigenvalue weighted by atomic mass is 79.9. The van der Waals surface area contributed by atoms with Crippen molar-refractivity contribution < 1.29 is 18.7 Å². The van der Waals surface area contributed by atoms with Gasteiger partial charge in [0.1, 0.15) is 5.60 Å². The topological polar surface area (TPSA) is 84.7 Å². The molecule has 0 aliphatic carbocycles. The van der Waals surface area contributed by atoms with Crippen molar-refractivity contribution in [3.8, 4) is 0 Å². The lowest BCUT2D eigenvalue weighted by Crippen LogP contribution is -2.39. The smallest absolute Gasteiger partial charge is 0.410 e. The van der Waals surface area contributed by atoms with E-state index in [1.165, 1.54) is 11.3 Å². The molecule has 3 rings (SSSR count). The number of thiazole rings is 1. The highest BCUT2D eigenvalue weighted by Gasteiger charge is 2.28. The minimum Gasteiger partial charge on any atom is -0.444 e. The van der Waals surface area contributed by atoms with Gasteiger partial charge in [-0.1, -0.05) is 11.3 Å². The van der Waals surface area contributed by atoms with E-state index in [0.29, 0.717) is 29.3 Å². The number of aromatic nitrogens is 1. The van der Waals surface area contributed by atoms with Crippen molar-refractivity contribution >= 4 is 44.4 Å². The molecular weight excluding hydrogens is 410 g/mol. The second-order valence-corrected chi connectivity index (χ2v) is 8.46. The summed E-state index contributed by atoms with van der Waals surface area (Å²) in [5, 5.41) is 3.22. The van der Waals surface area contributed by atoms with E-state index in [-0.39, 0.29) is 17.8 Å². The maximum Gasteiger partial charge on any atom is 0.410 e. The van der Waals surface area contributed by atoms with Gasteiger partial charge in [0.25, 0.3) is 5.91 Å². The number of carbonyl (C=O) groups excluding carboxylic acids is 2. The molecule has 9 heteroatoms. The Bertz CT molecular complexity index is 809. The zero-order valence-corrected chi connectivity index (χ0v) is 16.5. The molecule has 1 N–H and O–H groups in total. The summed E-state index contributed by atoms with van der Waals surface area (Å²) in [6, 6.07) is 3.23. The van der Waals surface area contributed by atoms with Gasteiger partial charge in [-0.3, -0.25) is 10.1 Å². The van der Waals surface area contributed by atoms with Crippen LogP contribution in [0.1, 0.15) is 41.9 Å². The van der Waals surface area contributed by atoms with Gasteiger partial charge in [-0.25, -0.2) is 9.78 Å². The number of hydrogen-bond donors (Lipinski definition) is 1. The van der Waals surface area contributed by atoms with Crippen molar-refractivity contribution in [3.63, 3.8) is 0 Å². The fraction of sp³-hybridized carbons (Fsp3) is 0.438. The molecule has 0 bridgehead atoms. The van der Waals surface area contributed by atoms with Crippen molar-refractivity contribution in [2.75, 3.05) is 11.9 Å². The fourth-order valence-corrected chi connectivity index (χ4v) is 3.65. The lowest BCUT2D eigenvalue weighted by molar-refractivity contribution is 0.0225. The van der Waals surface area contributed by atoms with Gasteiger partial charge in [0.05, 0.1) is 12.2 Å². The Hall–Kier alpha value is -1.87. The van der Waals surface area contributed by atoms with Gasteiger partial charge in [-0.15, -0.1) is 0 Å². The van der Waals surface area contributed by atoms with Crippen LogP contribution >= 0.6 is 27.3 Å². The molecule has 2 aromatic heterocycles. The van der Waals surface area contributed by atoms with E-state index in [9.17, 15) is 9.59 Å². The van der Waals surface area contributed by atoms with Crippen LogP contribution in [0.25, 0.3) is 0 Å². The number of furan rings is 1. The predicted molar refractivity (Wildman–Crippen MR) is 96.8 cm³/mol. The second-order valence-electron chi connectivity index (χ2n) is 6.60. The molecule has 1 aliphatic rings. The van der Waals surface area contributed by atoms with Crippen LogP contribution < -0.4 is 5.32 Å². The number of fused-ring (bicyclic) bond motifs is 1. The number of nitrogens with one attached hydrogen (secondary N) is 1. The first-order valence-corrected chi connectivity index (χ1v) is 9.35. The Morgan fingerprint density at radius 3 is 2.80 bits per heavy atom. The molecule has 0 saturated carbocycles. The van der Waals surface area contributed by atoms with Crippen LogP contribution in [0.15, 0.2) is 21.2 Å². The summed E-state index contributed by atoms with van der Waals surface area (Å²) in [6.45, 7) is 6.50. The number of hydrogen-bond acceptors (Lipinski definition) is 6. The minimum atomic E-state index is -0.526. The Labute approximate surface area is 157 Å². The SMILES string of the molecule is CC(C)(C)OC(=O)N1CCc2nc(NC(=O)c3ccc(Br)o3)sc2C1. The molecule has 0 aromatic carbocycles. The summed E-state index contributed by atoms with van der Waals surface area (Å²) in [4.78, 5) is 31.4. The summed E-state index contributed by atoms with van der Waals surface area (Å²) in [5.41, 5.74) is 0.377. The third-order valence-corrected chi connectivity index (χ3v) is 4.82. The third-order valence-electron chi connectivity index (χ3n) is 3.40. The largest absolute Gasteiger partial charge is 0.444 e. The molecule has 134 valence electrons. The number of amides is 2. The predicted octanol–water partition coefficient (Wildman–Crippen LogP) is 4.04. The van der Waals surface area contributed by atoms with Crippen LogP contribution in [0.2, 0.25) is 0 Å². The average molecular weight is 428 g/mol. The normalized spacial score (nSPS) is 14.2. The average Bonchev–Trinajstić information content (AvgIpc) is 3.10. The molecule has 0 radical (unpaired) electrons. The van der Waals surface area contributed by atoms with Crippen molar-refractivity contribution in [1.82, 2.24) is 9.88 Å². The number of rotatable bonds is 2. The van der Waals surface area contributed by atoms with E-state index < -0.39 is 5.60 Å². The van der Waals surface area contributed by atoms with Crippen LogP contribution in [-0.4, -0.2) is 34.0 Å². The zero-order valence-electron chi connectivity index (χ0n) is 14.1. The lowest BCUT2D eigenvalue weighted by atomic mass is 10.2. The highest BCUT2D eigenvalue weighted by Crippen LogP contribution is 2.29. The molecule has 25 heavy (non-hydrogen) atoms. The van der Waals surface area contributed by atoms with E-state index in [1.807, 2.05) is 20.8 Å². The molecule has 1 aliphatic heterocycles. The quantitative estimate of drug-likeness (QED) is 0.781. The molecule has 0 saturated heterocycles. The first-order valence-electron chi connectivity index (χ1n) is 7.74. The summed E-state index contributed by atoms with van der Waals surface area (Å²) in [7, 11) is 0. The van der Waals surface area contributed by atoms with Gasteiger partial charge >= 0.3 is 6.09 Å². The third kappa shape index (κ3) is 4.40. The Morgan fingerprint density at radius 1 is 1.40 bits per heavy atom. The van der Waals surface area contributed by atoms with Gasteiger partial charge in [0.15, 0.2) is 15.6 Å². The van der Waals surface area contributed by atoms with Crippen LogP contribution in [0.4, 0.5) is 9.93 Å². The summed E-state index contributed by atoms with van der Waals surface area (Å²) in [6.07, 6.45) is 0.297.